The molecule has 1 aliphatic rings. The molecule has 0 radical (unpaired) electrons. The third-order valence-corrected chi connectivity index (χ3v) is 2.02. The quantitative estimate of drug-likeness (QED) is 0.526. The van der Waals surface area contributed by atoms with Gasteiger partial charge in [-0.1, -0.05) is 0 Å². The number of hydrogen-bond donors (Lipinski definition) is 2. The van der Waals surface area contributed by atoms with Gasteiger partial charge in [0.2, 0.25) is 0 Å². The van der Waals surface area contributed by atoms with Crippen LogP contribution in [0.3, 0.4) is 0 Å². The molecule has 1 saturated carbocycles. The molecule has 0 aromatic heterocycles. The summed E-state index contributed by atoms with van der Waals surface area (Å²) >= 11 is 0. The van der Waals surface area contributed by atoms with Crippen LogP contribution in [0.5, 0.6) is 0 Å². The average molecular weight is 158 g/mol. The lowest BCUT2D eigenvalue weighted by Crippen LogP contribution is -2.45. The molecule has 4 heteroatoms. The number of carbonyl (C=O) groups is 1. The monoisotopic (exact) mass is 158 g/mol. The minimum absolute atomic E-state index is 0.0107. The van der Waals surface area contributed by atoms with Gasteiger partial charge in [0.15, 0.2) is 0 Å². The predicted octanol–water partition coefficient (Wildman–Crippen LogP) is -0.777. The van der Waals surface area contributed by atoms with Crippen molar-refractivity contribution in [3.63, 3.8) is 0 Å². The van der Waals surface area contributed by atoms with Crippen LogP contribution in [0.25, 0.3) is 0 Å². The maximum atomic E-state index is 10.1. The highest BCUT2D eigenvalue weighted by Gasteiger charge is 2.18. The third-order valence-electron chi connectivity index (χ3n) is 2.02. The molecule has 0 aromatic carbocycles. The Labute approximate surface area is 65.2 Å². The van der Waals surface area contributed by atoms with Crippen LogP contribution in [0, 0.1) is 0 Å². The van der Waals surface area contributed by atoms with Crippen LogP contribution in [0.2, 0.25) is 0 Å². The molecule has 0 saturated heterocycles. The Morgan fingerprint density at radius 1 is 1.36 bits per heavy atom. The van der Waals surface area contributed by atoms with Crippen LogP contribution in [-0.4, -0.2) is 23.3 Å². The summed E-state index contributed by atoms with van der Waals surface area (Å²) in [5, 5.41) is 21.4. The van der Waals surface area contributed by atoms with E-state index in [-0.39, 0.29) is 12.1 Å². The Morgan fingerprint density at radius 3 is 2.36 bits per heavy atom. The lowest BCUT2D eigenvalue weighted by atomic mass is 9.93. The molecule has 2 N–H and O–H groups in total. The number of amides is 1. The van der Waals surface area contributed by atoms with E-state index in [0.717, 1.165) is 12.8 Å². The SMILES string of the molecule is O=C([O-])NC1CCC(O)CC1. The number of rotatable bonds is 1. The Balaban J connectivity index is 2.22. The first kappa shape index (κ1) is 8.33. The van der Waals surface area contributed by atoms with Crippen molar-refractivity contribution >= 4 is 6.09 Å². The first-order valence-corrected chi connectivity index (χ1v) is 3.84. The molecule has 1 fully saturated rings. The van der Waals surface area contributed by atoms with Gasteiger partial charge in [-0.3, -0.25) is 0 Å². The van der Waals surface area contributed by atoms with Gasteiger partial charge in [0.1, 0.15) is 6.09 Å². The van der Waals surface area contributed by atoms with E-state index in [9.17, 15) is 9.90 Å². The second-order valence-electron chi connectivity index (χ2n) is 2.94. The van der Waals surface area contributed by atoms with Gasteiger partial charge in [-0.25, -0.2) is 0 Å². The minimum Gasteiger partial charge on any atom is -0.530 e. The molecule has 0 bridgehead atoms. The van der Waals surface area contributed by atoms with Crippen LogP contribution >= 0.6 is 0 Å². The molecule has 0 heterocycles. The summed E-state index contributed by atoms with van der Waals surface area (Å²) in [7, 11) is 0. The minimum atomic E-state index is -1.22. The van der Waals surface area contributed by atoms with Crippen LogP contribution < -0.4 is 10.4 Å². The van der Waals surface area contributed by atoms with Gasteiger partial charge in [-0.05, 0) is 25.7 Å². The number of nitrogens with one attached hydrogen (secondary N) is 1. The molecule has 0 spiro atoms. The normalized spacial score (nSPS) is 31.4. The first-order chi connectivity index (χ1) is 5.18. The Kier molecular flexibility index (Phi) is 2.70. The zero-order valence-electron chi connectivity index (χ0n) is 6.25. The predicted molar refractivity (Wildman–Crippen MR) is 36.8 cm³/mol. The summed E-state index contributed by atoms with van der Waals surface area (Å²) in [5.41, 5.74) is 0. The van der Waals surface area contributed by atoms with Crippen molar-refractivity contribution in [3.8, 4) is 0 Å². The van der Waals surface area contributed by atoms with E-state index in [0.29, 0.717) is 12.8 Å². The van der Waals surface area contributed by atoms with Crippen molar-refractivity contribution in [2.24, 2.45) is 0 Å². The molecule has 0 atom stereocenters. The maximum Gasteiger partial charge on any atom is 0.134 e. The number of aliphatic hydroxyl groups excluding tert-OH is 1. The van der Waals surface area contributed by atoms with Crippen molar-refractivity contribution in [1.82, 2.24) is 5.32 Å². The fraction of sp³-hybridized carbons (Fsp3) is 0.857. The average Bonchev–Trinajstić information content (AvgIpc) is 1.93. The molecular formula is C7H12NO3-. The molecule has 1 aliphatic carbocycles. The van der Waals surface area contributed by atoms with E-state index in [2.05, 4.69) is 5.32 Å². The second-order valence-corrected chi connectivity index (χ2v) is 2.94. The lowest BCUT2D eigenvalue weighted by molar-refractivity contribution is -0.252. The number of aliphatic hydroxyl groups is 1. The maximum absolute atomic E-state index is 10.1. The lowest BCUT2D eigenvalue weighted by Gasteiger charge is -2.26. The van der Waals surface area contributed by atoms with Crippen LogP contribution in [-0.2, 0) is 0 Å². The molecular weight excluding hydrogens is 146 g/mol. The van der Waals surface area contributed by atoms with Gasteiger partial charge < -0.3 is 20.3 Å². The highest BCUT2D eigenvalue weighted by Crippen LogP contribution is 2.17. The summed E-state index contributed by atoms with van der Waals surface area (Å²) in [6, 6.07) is -0.0107. The van der Waals surface area contributed by atoms with Crippen molar-refractivity contribution < 1.29 is 15.0 Å². The van der Waals surface area contributed by atoms with E-state index in [1.807, 2.05) is 0 Å². The van der Waals surface area contributed by atoms with Crippen molar-refractivity contribution in [3.05, 3.63) is 0 Å². The molecule has 64 valence electrons. The first-order valence-electron chi connectivity index (χ1n) is 3.84. The summed E-state index contributed by atoms with van der Waals surface area (Å²) in [6.45, 7) is 0. The van der Waals surface area contributed by atoms with Gasteiger partial charge >= 0.3 is 0 Å². The molecule has 0 unspecified atom stereocenters. The standard InChI is InChI=1S/C7H13NO3/c9-6-3-1-5(2-4-6)8-7(10)11/h5-6,8-9H,1-4H2,(H,10,11)/p-1. The van der Waals surface area contributed by atoms with E-state index >= 15 is 0 Å². The molecule has 0 aromatic rings. The Bertz CT molecular complexity index is 141. The molecule has 4 nitrogen and oxygen atoms in total. The largest absolute Gasteiger partial charge is 0.530 e. The molecule has 1 amide bonds. The summed E-state index contributed by atoms with van der Waals surface area (Å²) in [4.78, 5) is 10.1. The van der Waals surface area contributed by atoms with Crippen molar-refractivity contribution in [1.29, 1.82) is 0 Å². The van der Waals surface area contributed by atoms with Gasteiger partial charge in [0.05, 0.1) is 6.10 Å². The molecule has 1 rings (SSSR count). The highest BCUT2D eigenvalue weighted by molar-refractivity contribution is 5.62. The topological polar surface area (TPSA) is 72.4 Å². The van der Waals surface area contributed by atoms with Gasteiger partial charge in [0, 0.05) is 6.04 Å². The Morgan fingerprint density at radius 2 is 1.91 bits per heavy atom. The van der Waals surface area contributed by atoms with Gasteiger partial charge in [-0.2, -0.15) is 0 Å². The number of carboxylic acid groups (broad SMARTS) is 1. The smallest absolute Gasteiger partial charge is 0.134 e. The zero-order valence-corrected chi connectivity index (χ0v) is 6.25. The number of hydrogen-bond acceptors (Lipinski definition) is 3. The Hall–Kier alpha value is -0.770. The van der Waals surface area contributed by atoms with Gasteiger partial charge in [-0.15, -0.1) is 0 Å². The van der Waals surface area contributed by atoms with E-state index in [4.69, 9.17) is 5.11 Å². The van der Waals surface area contributed by atoms with Crippen molar-refractivity contribution in [2.75, 3.05) is 0 Å². The van der Waals surface area contributed by atoms with E-state index < -0.39 is 6.09 Å². The summed E-state index contributed by atoms with van der Waals surface area (Å²) in [5.74, 6) is 0. The van der Waals surface area contributed by atoms with Crippen molar-refractivity contribution in [2.45, 2.75) is 37.8 Å². The second kappa shape index (κ2) is 3.57. The van der Waals surface area contributed by atoms with E-state index in [1.165, 1.54) is 0 Å². The van der Waals surface area contributed by atoms with Crippen LogP contribution in [0.4, 0.5) is 4.79 Å². The fourth-order valence-electron chi connectivity index (χ4n) is 1.39. The van der Waals surface area contributed by atoms with E-state index in [1.54, 1.807) is 0 Å². The molecule has 0 aliphatic heterocycles. The fourth-order valence-corrected chi connectivity index (χ4v) is 1.39. The highest BCUT2D eigenvalue weighted by atomic mass is 16.4. The zero-order chi connectivity index (χ0) is 8.27. The summed E-state index contributed by atoms with van der Waals surface area (Å²) < 4.78 is 0. The van der Waals surface area contributed by atoms with Crippen LogP contribution in [0.1, 0.15) is 25.7 Å². The third kappa shape index (κ3) is 2.76. The van der Waals surface area contributed by atoms with Gasteiger partial charge in [0.25, 0.3) is 0 Å². The number of carbonyl (C=O) groups excluding carboxylic acids is 1. The van der Waals surface area contributed by atoms with Crippen LogP contribution in [0.15, 0.2) is 0 Å². The molecule has 11 heavy (non-hydrogen) atoms. The summed E-state index contributed by atoms with van der Waals surface area (Å²) in [6.07, 6.45) is 1.35.